The third-order valence-corrected chi connectivity index (χ3v) is 4.35. The van der Waals surface area contributed by atoms with Crippen LogP contribution < -0.4 is 10.6 Å². The molecule has 5 nitrogen and oxygen atoms in total. The Morgan fingerprint density at radius 3 is 2.62 bits per heavy atom. The number of rotatable bonds is 9. The fourth-order valence-electron chi connectivity index (χ4n) is 2.57. The van der Waals surface area contributed by atoms with Crippen molar-refractivity contribution < 1.29 is 9.47 Å². The van der Waals surface area contributed by atoms with Gasteiger partial charge in [-0.25, -0.2) is 0 Å². The number of unbranched alkanes of at least 4 members (excludes halogenated alkanes) is 1. The van der Waals surface area contributed by atoms with Crippen LogP contribution in [0.1, 0.15) is 46.5 Å². The number of hydrogen-bond acceptors (Lipinski definition) is 3. The summed E-state index contributed by atoms with van der Waals surface area (Å²) in [7, 11) is 3.54. The lowest BCUT2D eigenvalue weighted by molar-refractivity contribution is -0.113. The van der Waals surface area contributed by atoms with Crippen molar-refractivity contribution in [3.05, 3.63) is 0 Å². The molecule has 2 unspecified atom stereocenters. The van der Waals surface area contributed by atoms with Gasteiger partial charge in [-0.15, -0.1) is 0 Å². The number of aliphatic imine (C=N–C) groups is 1. The van der Waals surface area contributed by atoms with E-state index in [9.17, 15) is 0 Å². The second-order valence-electron chi connectivity index (χ2n) is 6.31. The third-order valence-electron chi connectivity index (χ3n) is 4.35. The van der Waals surface area contributed by atoms with Gasteiger partial charge in [0.25, 0.3) is 0 Å². The van der Waals surface area contributed by atoms with Gasteiger partial charge in [-0.1, -0.05) is 27.2 Å². The van der Waals surface area contributed by atoms with E-state index in [4.69, 9.17) is 9.47 Å². The summed E-state index contributed by atoms with van der Waals surface area (Å²) >= 11 is 0. The zero-order valence-corrected chi connectivity index (χ0v) is 14.4. The van der Waals surface area contributed by atoms with Crippen molar-refractivity contribution in [3.8, 4) is 0 Å². The average molecular weight is 299 g/mol. The molecule has 0 aliphatic heterocycles. The number of methoxy groups -OCH3 is 1. The Morgan fingerprint density at radius 2 is 2.05 bits per heavy atom. The minimum Gasteiger partial charge on any atom is -0.385 e. The summed E-state index contributed by atoms with van der Waals surface area (Å²) in [6.07, 6.45) is 4.72. The first kappa shape index (κ1) is 18.2. The lowest BCUT2D eigenvalue weighted by Crippen LogP contribution is -2.63. The minimum atomic E-state index is 0.151. The monoisotopic (exact) mass is 299 g/mol. The van der Waals surface area contributed by atoms with Crippen LogP contribution in [0.4, 0.5) is 0 Å². The van der Waals surface area contributed by atoms with E-state index in [2.05, 4.69) is 36.4 Å². The maximum Gasteiger partial charge on any atom is 0.191 e. The Balaban J connectivity index is 2.31. The zero-order valence-electron chi connectivity index (χ0n) is 14.4. The lowest BCUT2D eigenvalue weighted by Gasteiger charge is -2.52. The summed E-state index contributed by atoms with van der Waals surface area (Å²) in [5.74, 6) is 0.871. The van der Waals surface area contributed by atoms with Crippen LogP contribution in [0.15, 0.2) is 4.99 Å². The van der Waals surface area contributed by atoms with Crippen molar-refractivity contribution >= 4 is 5.96 Å². The molecule has 1 rings (SSSR count). The fourth-order valence-corrected chi connectivity index (χ4v) is 2.57. The molecule has 0 amide bonds. The van der Waals surface area contributed by atoms with Crippen LogP contribution in [0.5, 0.6) is 0 Å². The molecule has 0 aromatic heterocycles. The second kappa shape index (κ2) is 9.26. The normalized spacial score (nSPS) is 24.5. The number of ether oxygens (including phenoxy) is 2. The van der Waals surface area contributed by atoms with Gasteiger partial charge in [-0.05, 0) is 19.3 Å². The Hall–Kier alpha value is -0.810. The van der Waals surface area contributed by atoms with E-state index in [0.29, 0.717) is 12.1 Å². The van der Waals surface area contributed by atoms with Gasteiger partial charge in [-0.3, -0.25) is 4.99 Å². The Morgan fingerprint density at radius 1 is 1.29 bits per heavy atom. The van der Waals surface area contributed by atoms with Crippen molar-refractivity contribution in [2.24, 2.45) is 10.4 Å². The number of guanidine groups is 1. The van der Waals surface area contributed by atoms with E-state index in [1.165, 1.54) is 6.42 Å². The molecule has 5 heteroatoms. The van der Waals surface area contributed by atoms with E-state index in [1.54, 1.807) is 7.11 Å². The lowest BCUT2D eigenvalue weighted by atomic mass is 9.64. The molecule has 2 N–H and O–H groups in total. The standard InChI is InChI=1S/C16H33N3O2/c1-6-7-11-21-14-12-13(16(14,2)3)19-15(17-4)18-9-8-10-20-5/h13-14H,6-12H2,1-5H3,(H2,17,18,19). The first-order chi connectivity index (χ1) is 10.1. The van der Waals surface area contributed by atoms with Crippen molar-refractivity contribution in [3.63, 3.8) is 0 Å². The summed E-state index contributed by atoms with van der Waals surface area (Å²) in [4.78, 5) is 4.29. The van der Waals surface area contributed by atoms with Crippen LogP contribution >= 0.6 is 0 Å². The average Bonchev–Trinajstić information content (AvgIpc) is 2.47. The van der Waals surface area contributed by atoms with E-state index >= 15 is 0 Å². The molecule has 1 fully saturated rings. The van der Waals surface area contributed by atoms with Crippen molar-refractivity contribution in [1.29, 1.82) is 0 Å². The van der Waals surface area contributed by atoms with E-state index in [1.807, 2.05) is 7.05 Å². The molecule has 0 spiro atoms. The van der Waals surface area contributed by atoms with Gasteiger partial charge in [0.1, 0.15) is 0 Å². The van der Waals surface area contributed by atoms with E-state index < -0.39 is 0 Å². The van der Waals surface area contributed by atoms with Crippen molar-refractivity contribution in [2.75, 3.05) is 33.9 Å². The first-order valence-electron chi connectivity index (χ1n) is 8.14. The number of hydrogen-bond donors (Lipinski definition) is 2. The van der Waals surface area contributed by atoms with Crippen LogP contribution in [-0.2, 0) is 9.47 Å². The van der Waals surface area contributed by atoms with Crippen LogP contribution in [0.3, 0.4) is 0 Å². The molecule has 1 aliphatic rings. The molecule has 0 radical (unpaired) electrons. The molecular formula is C16H33N3O2. The summed E-state index contributed by atoms with van der Waals surface area (Å²) in [5.41, 5.74) is 0.151. The molecule has 2 atom stereocenters. The molecule has 0 heterocycles. The highest BCUT2D eigenvalue weighted by molar-refractivity contribution is 5.80. The largest absolute Gasteiger partial charge is 0.385 e. The topological polar surface area (TPSA) is 54.9 Å². The van der Waals surface area contributed by atoms with Crippen LogP contribution in [-0.4, -0.2) is 52.0 Å². The highest BCUT2D eigenvalue weighted by Gasteiger charge is 2.49. The summed E-state index contributed by atoms with van der Waals surface area (Å²) in [6, 6.07) is 0.415. The summed E-state index contributed by atoms with van der Waals surface area (Å²) < 4.78 is 11.0. The Bertz CT molecular complexity index is 319. The van der Waals surface area contributed by atoms with Gasteiger partial charge in [0.2, 0.25) is 0 Å². The minimum absolute atomic E-state index is 0.151. The Labute approximate surface area is 129 Å². The van der Waals surface area contributed by atoms with Gasteiger partial charge in [0.15, 0.2) is 5.96 Å². The molecule has 1 saturated carbocycles. The number of nitrogens with one attached hydrogen (secondary N) is 2. The zero-order chi connectivity index (χ0) is 15.7. The molecule has 124 valence electrons. The molecule has 0 bridgehead atoms. The summed E-state index contributed by atoms with van der Waals surface area (Å²) in [5, 5.41) is 6.84. The van der Waals surface area contributed by atoms with Gasteiger partial charge in [0, 0.05) is 45.4 Å². The van der Waals surface area contributed by atoms with Gasteiger partial charge in [-0.2, -0.15) is 0 Å². The van der Waals surface area contributed by atoms with Crippen molar-refractivity contribution in [1.82, 2.24) is 10.6 Å². The Kier molecular flexibility index (Phi) is 8.04. The van der Waals surface area contributed by atoms with Crippen LogP contribution in [0.2, 0.25) is 0 Å². The third kappa shape index (κ3) is 5.47. The smallest absolute Gasteiger partial charge is 0.191 e. The molecule has 21 heavy (non-hydrogen) atoms. The first-order valence-corrected chi connectivity index (χ1v) is 8.14. The molecule has 1 aliphatic carbocycles. The molecule has 0 aromatic carbocycles. The highest BCUT2D eigenvalue weighted by Crippen LogP contribution is 2.42. The highest BCUT2D eigenvalue weighted by atomic mass is 16.5. The maximum absolute atomic E-state index is 5.98. The van der Waals surface area contributed by atoms with Crippen LogP contribution in [0, 0.1) is 5.41 Å². The molecular weight excluding hydrogens is 266 g/mol. The predicted octanol–water partition coefficient (Wildman–Crippen LogP) is 2.17. The number of nitrogens with zero attached hydrogens (tertiary/aromatic N) is 1. The molecule has 0 saturated heterocycles. The van der Waals surface area contributed by atoms with Crippen molar-refractivity contribution in [2.45, 2.75) is 58.6 Å². The SMILES string of the molecule is CCCCOC1CC(NC(=NC)NCCCOC)C1(C)C. The maximum atomic E-state index is 5.98. The predicted molar refractivity (Wildman–Crippen MR) is 87.8 cm³/mol. The van der Waals surface area contributed by atoms with E-state index in [-0.39, 0.29) is 5.41 Å². The van der Waals surface area contributed by atoms with Gasteiger partial charge < -0.3 is 20.1 Å². The fraction of sp³-hybridized carbons (Fsp3) is 0.938. The summed E-state index contributed by atoms with van der Waals surface area (Å²) in [6.45, 7) is 9.25. The quantitative estimate of drug-likeness (QED) is 0.389. The second-order valence-corrected chi connectivity index (χ2v) is 6.31. The van der Waals surface area contributed by atoms with Crippen LogP contribution in [0.25, 0.3) is 0 Å². The van der Waals surface area contributed by atoms with E-state index in [0.717, 1.165) is 45.0 Å². The van der Waals surface area contributed by atoms with Gasteiger partial charge in [0.05, 0.1) is 6.10 Å². The molecule has 0 aromatic rings. The van der Waals surface area contributed by atoms with Gasteiger partial charge >= 0.3 is 0 Å².